The van der Waals surface area contributed by atoms with E-state index in [-0.39, 0.29) is 6.09 Å². The number of carbonyl (C=O) groups excluding carboxylic acids is 1. The van der Waals surface area contributed by atoms with Gasteiger partial charge in [-0.15, -0.1) is 0 Å². The highest BCUT2D eigenvalue weighted by atomic mass is 16.6. The number of rotatable bonds is 2. The van der Waals surface area contributed by atoms with Crippen molar-refractivity contribution in [2.24, 2.45) is 7.05 Å². The summed E-state index contributed by atoms with van der Waals surface area (Å²) in [6, 6.07) is 0.381. The summed E-state index contributed by atoms with van der Waals surface area (Å²) >= 11 is 0. The summed E-state index contributed by atoms with van der Waals surface area (Å²) in [6.45, 7) is 9.13. The van der Waals surface area contributed by atoms with Crippen LogP contribution >= 0.6 is 0 Å². The number of amides is 1. The van der Waals surface area contributed by atoms with Crippen molar-refractivity contribution in [3.8, 4) is 0 Å². The van der Waals surface area contributed by atoms with Gasteiger partial charge in [-0.1, -0.05) is 0 Å². The van der Waals surface area contributed by atoms with Crippen LogP contribution in [0, 0.1) is 6.92 Å². The third kappa shape index (κ3) is 4.37. The molecule has 0 aromatic carbocycles. The molecule has 0 atom stereocenters. The molecule has 2 rings (SSSR count). The Labute approximate surface area is 126 Å². The number of aryl methyl sites for hydroxylation is 2. The topological polar surface area (TPSA) is 59.4 Å². The van der Waals surface area contributed by atoms with Crippen LogP contribution in [0.5, 0.6) is 0 Å². The Hall–Kier alpha value is -1.72. The molecule has 2 heterocycles. The minimum Gasteiger partial charge on any atom is -0.444 e. The molecule has 0 radical (unpaired) electrons. The first-order chi connectivity index (χ1) is 9.74. The van der Waals surface area contributed by atoms with Crippen LogP contribution in [0.4, 0.5) is 10.5 Å². The van der Waals surface area contributed by atoms with Crippen LogP contribution in [0.2, 0.25) is 0 Å². The lowest BCUT2D eigenvalue weighted by atomic mass is 10.1. The molecule has 0 bridgehead atoms. The van der Waals surface area contributed by atoms with E-state index in [2.05, 4.69) is 10.4 Å². The van der Waals surface area contributed by atoms with Crippen molar-refractivity contribution in [1.29, 1.82) is 0 Å². The quantitative estimate of drug-likeness (QED) is 0.910. The Morgan fingerprint density at radius 1 is 1.38 bits per heavy atom. The molecule has 0 saturated carbocycles. The number of ether oxygens (including phenoxy) is 1. The number of nitrogens with one attached hydrogen (secondary N) is 1. The molecule has 0 aliphatic carbocycles. The number of anilines is 1. The van der Waals surface area contributed by atoms with Gasteiger partial charge in [0, 0.05) is 32.4 Å². The molecule has 6 nitrogen and oxygen atoms in total. The normalized spacial score (nSPS) is 16.9. The Morgan fingerprint density at radius 2 is 2.00 bits per heavy atom. The SMILES string of the molecule is Cc1nn(C)cc1NC1CCN(C(=O)OC(C)(C)C)CC1. The third-order valence-corrected chi connectivity index (χ3v) is 3.52. The number of hydrogen-bond donors (Lipinski definition) is 1. The van der Waals surface area contributed by atoms with Gasteiger partial charge in [-0.05, 0) is 40.5 Å². The average molecular weight is 294 g/mol. The zero-order valence-corrected chi connectivity index (χ0v) is 13.6. The van der Waals surface area contributed by atoms with Crippen LogP contribution in [0.1, 0.15) is 39.3 Å². The zero-order chi connectivity index (χ0) is 15.6. The van der Waals surface area contributed by atoms with Crippen LogP contribution in [-0.4, -0.2) is 45.5 Å². The second-order valence-electron chi connectivity index (χ2n) is 6.69. The Morgan fingerprint density at radius 3 is 2.48 bits per heavy atom. The number of hydrogen-bond acceptors (Lipinski definition) is 4. The van der Waals surface area contributed by atoms with E-state index in [4.69, 9.17) is 4.74 Å². The fourth-order valence-electron chi connectivity index (χ4n) is 2.49. The van der Waals surface area contributed by atoms with E-state index in [0.29, 0.717) is 6.04 Å². The van der Waals surface area contributed by atoms with Gasteiger partial charge in [0.05, 0.1) is 11.4 Å². The highest BCUT2D eigenvalue weighted by molar-refractivity contribution is 5.68. The van der Waals surface area contributed by atoms with E-state index in [0.717, 1.165) is 37.3 Å². The first kappa shape index (κ1) is 15.7. The predicted molar refractivity (Wildman–Crippen MR) is 82.4 cm³/mol. The molecule has 1 aliphatic heterocycles. The third-order valence-electron chi connectivity index (χ3n) is 3.52. The highest BCUT2D eigenvalue weighted by Gasteiger charge is 2.27. The summed E-state index contributed by atoms with van der Waals surface area (Å²) in [4.78, 5) is 13.8. The molecule has 21 heavy (non-hydrogen) atoms. The predicted octanol–water partition coefficient (Wildman–Crippen LogP) is 2.54. The van der Waals surface area contributed by atoms with Crippen LogP contribution < -0.4 is 5.32 Å². The van der Waals surface area contributed by atoms with E-state index in [9.17, 15) is 4.79 Å². The lowest BCUT2D eigenvalue weighted by Crippen LogP contribution is -2.44. The number of carbonyl (C=O) groups is 1. The van der Waals surface area contributed by atoms with Crippen LogP contribution in [0.15, 0.2) is 6.20 Å². The first-order valence-electron chi connectivity index (χ1n) is 7.49. The van der Waals surface area contributed by atoms with Crippen molar-refractivity contribution in [2.45, 2.75) is 52.2 Å². The molecule has 1 saturated heterocycles. The van der Waals surface area contributed by atoms with Gasteiger partial charge in [0.25, 0.3) is 0 Å². The summed E-state index contributed by atoms with van der Waals surface area (Å²) in [7, 11) is 1.92. The maximum Gasteiger partial charge on any atom is 0.410 e. The van der Waals surface area contributed by atoms with E-state index < -0.39 is 5.60 Å². The van der Waals surface area contributed by atoms with Gasteiger partial charge in [-0.3, -0.25) is 4.68 Å². The molecule has 1 aromatic rings. The zero-order valence-electron chi connectivity index (χ0n) is 13.6. The Kier molecular flexibility index (Phi) is 4.44. The molecule has 1 N–H and O–H groups in total. The van der Waals surface area contributed by atoms with Crippen molar-refractivity contribution in [1.82, 2.24) is 14.7 Å². The molecule has 0 unspecified atom stereocenters. The van der Waals surface area contributed by atoms with Crippen molar-refractivity contribution < 1.29 is 9.53 Å². The fourth-order valence-corrected chi connectivity index (χ4v) is 2.49. The summed E-state index contributed by atoms with van der Waals surface area (Å²) in [5.74, 6) is 0. The standard InChI is InChI=1S/C15H26N4O2/c1-11-13(10-18(5)17-11)16-12-6-8-19(9-7-12)14(20)21-15(2,3)4/h10,12,16H,6-9H2,1-5H3. The molecule has 1 aromatic heterocycles. The molecule has 1 amide bonds. The summed E-state index contributed by atoms with van der Waals surface area (Å²) in [5, 5.41) is 7.85. The summed E-state index contributed by atoms with van der Waals surface area (Å²) in [6.07, 6.45) is 3.63. The number of likely N-dealkylation sites (tertiary alicyclic amines) is 1. The molecule has 1 aliphatic rings. The van der Waals surface area contributed by atoms with Gasteiger partial charge in [0.1, 0.15) is 5.60 Å². The number of aromatic nitrogens is 2. The summed E-state index contributed by atoms with van der Waals surface area (Å²) < 4.78 is 7.22. The van der Waals surface area contributed by atoms with Gasteiger partial charge in [0.2, 0.25) is 0 Å². The largest absolute Gasteiger partial charge is 0.444 e. The Balaban J connectivity index is 1.83. The van der Waals surface area contributed by atoms with Gasteiger partial charge in [-0.2, -0.15) is 5.10 Å². The first-order valence-corrected chi connectivity index (χ1v) is 7.49. The number of nitrogens with zero attached hydrogens (tertiary/aromatic N) is 3. The summed E-state index contributed by atoms with van der Waals surface area (Å²) in [5.41, 5.74) is 1.65. The van der Waals surface area contributed by atoms with E-state index in [1.165, 1.54) is 0 Å². The monoisotopic (exact) mass is 294 g/mol. The number of piperidine rings is 1. The average Bonchev–Trinajstić information content (AvgIpc) is 2.66. The van der Waals surface area contributed by atoms with Gasteiger partial charge in [0.15, 0.2) is 0 Å². The van der Waals surface area contributed by atoms with E-state index in [1.807, 2.05) is 45.6 Å². The minimum absolute atomic E-state index is 0.210. The van der Waals surface area contributed by atoms with E-state index >= 15 is 0 Å². The molecule has 6 heteroatoms. The van der Waals surface area contributed by atoms with Crippen LogP contribution in [0.3, 0.4) is 0 Å². The molecule has 118 valence electrons. The second-order valence-corrected chi connectivity index (χ2v) is 6.69. The maximum absolute atomic E-state index is 12.0. The highest BCUT2D eigenvalue weighted by Crippen LogP contribution is 2.20. The Bertz CT molecular complexity index is 496. The molecule has 0 spiro atoms. The van der Waals surface area contributed by atoms with Gasteiger partial charge < -0.3 is 15.0 Å². The van der Waals surface area contributed by atoms with Crippen LogP contribution in [0.25, 0.3) is 0 Å². The van der Waals surface area contributed by atoms with Crippen molar-refractivity contribution in [2.75, 3.05) is 18.4 Å². The van der Waals surface area contributed by atoms with Crippen LogP contribution in [-0.2, 0) is 11.8 Å². The molecular weight excluding hydrogens is 268 g/mol. The fraction of sp³-hybridized carbons (Fsp3) is 0.733. The van der Waals surface area contributed by atoms with Gasteiger partial charge in [-0.25, -0.2) is 4.79 Å². The van der Waals surface area contributed by atoms with E-state index in [1.54, 1.807) is 4.90 Å². The molecule has 1 fully saturated rings. The lowest BCUT2D eigenvalue weighted by Gasteiger charge is -2.34. The second kappa shape index (κ2) is 5.95. The van der Waals surface area contributed by atoms with Crippen molar-refractivity contribution >= 4 is 11.8 Å². The smallest absolute Gasteiger partial charge is 0.410 e. The molecular formula is C15H26N4O2. The van der Waals surface area contributed by atoms with Gasteiger partial charge >= 0.3 is 6.09 Å². The maximum atomic E-state index is 12.0. The van der Waals surface area contributed by atoms with Crippen molar-refractivity contribution in [3.05, 3.63) is 11.9 Å². The minimum atomic E-state index is -0.432. The van der Waals surface area contributed by atoms with Crippen molar-refractivity contribution in [3.63, 3.8) is 0 Å². The lowest BCUT2D eigenvalue weighted by molar-refractivity contribution is 0.0210.